The summed E-state index contributed by atoms with van der Waals surface area (Å²) in [6.07, 6.45) is 99.2. The minimum Gasteiger partial charge on any atom is -0.756 e. The molecule has 0 aromatic carbocycles. The van der Waals surface area contributed by atoms with Crippen LogP contribution in [0.5, 0.6) is 0 Å². The average Bonchev–Trinajstić information content (AvgIpc) is 3.68. The van der Waals surface area contributed by atoms with Crippen LogP contribution in [0.1, 0.15) is 284 Å². The van der Waals surface area contributed by atoms with Crippen LogP contribution in [-0.4, -0.2) is 70.0 Å². The van der Waals surface area contributed by atoms with E-state index in [4.69, 9.17) is 18.5 Å². The van der Waals surface area contributed by atoms with Gasteiger partial charge in [0.2, 0.25) is 0 Å². The van der Waals surface area contributed by atoms with Gasteiger partial charge >= 0.3 is 11.9 Å². The number of allylic oxidation sites excluding steroid dienone is 24. The lowest BCUT2D eigenvalue weighted by Crippen LogP contribution is -2.37. The zero-order chi connectivity index (χ0) is 64.1. The van der Waals surface area contributed by atoms with Gasteiger partial charge in [-0.15, -0.1) is 0 Å². The van der Waals surface area contributed by atoms with E-state index >= 15 is 0 Å². The number of unbranched alkanes of at least 4 members (excludes halogenated alkanes) is 26. The molecule has 0 aliphatic carbocycles. The first-order valence-corrected chi connectivity index (χ1v) is 37.0. The fourth-order valence-corrected chi connectivity index (χ4v) is 10.2. The van der Waals surface area contributed by atoms with Crippen LogP contribution in [0.15, 0.2) is 146 Å². The van der Waals surface area contributed by atoms with Crippen molar-refractivity contribution in [2.75, 3.05) is 47.5 Å². The molecular formula is C78H132NO8P. The number of hydrogen-bond donors (Lipinski definition) is 0. The number of phosphoric ester groups is 1. The Hall–Kier alpha value is -4.11. The second-order valence-corrected chi connectivity index (χ2v) is 25.9. The van der Waals surface area contributed by atoms with Gasteiger partial charge in [-0.2, -0.15) is 0 Å². The molecular weight excluding hydrogens is 1110 g/mol. The first-order valence-electron chi connectivity index (χ1n) is 35.5. The van der Waals surface area contributed by atoms with Crippen molar-refractivity contribution in [3.05, 3.63) is 146 Å². The molecule has 0 N–H and O–H groups in total. The van der Waals surface area contributed by atoms with E-state index in [1.54, 1.807) is 0 Å². The van der Waals surface area contributed by atoms with E-state index in [-0.39, 0.29) is 32.0 Å². The second-order valence-electron chi connectivity index (χ2n) is 24.5. The van der Waals surface area contributed by atoms with Crippen molar-refractivity contribution in [2.24, 2.45) is 0 Å². The van der Waals surface area contributed by atoms with Crippen LogP contribution in [0, 0.1) is 0 Å². The maximum absolute atomic E-state index is 12.9. The summed E-state index contributed by atoms with van der Waals surface area (Å²) in [6.45, 7) is 4.02. The number of likely N-dealkylation sites (N-methyl/N-ethyl adjacent to an activating group) is 1. The van der Waals surface area contributed by atoms with Crippen molar-refractivity contribution in [3.63, 3.8) is 0 Å². The van der Waals surface area contributed by atoms with Crippen LogP contribution < -0.4 is 4.89 Å². The summed E-state index contributed by atoms with van der Waals surface area (Å²) < 4.78 is 34.3. The van der Waals surface area contributed by atoms with Crippen LogP contribution in [0.4, 0.5) is 0 Å². The summed E-state index contributed by atoms with van der Waals surface area (Å²) in [5.41, 5.74) is 0. The lowest BCUT2D eigenvalue weighted by Gasteiger charge is -2.28. The minimum absolute atomic E-state index is 0.0369. The van der Waals surface area contributed by atoms with E-state index in [9.17, 15) is 19.0 Å². The van der Waals surface area contributed by atoms with Crippen LogP contribution in [-0.2, 0) is 32.7 Å². The quantitative estimate of drug-likeness (QED) is 0.0195. The third kappa shape index (κ3) is 71.0. The summed E-state index contributed by atoms with van der Waals surface area (Å²) in [5.74, 6) is -0.838. The van der Waals surface area contributed by atoms with Gasteiger partial charge in [-0.25, -0.2) is 0 Å². The lowest BCUT2D eigenvalue weighted by molar-refractivity contribution is -0.870. The minimum atomic E-state index is -4.65. The molecule has 9 nitrogen and oxygen atoms in total. The monoisotopic (exact) mass is 1240 g/mol. The highest BCUT2D eigenvalue weighted by molar-refractivity contribution is 7.45. The van der Waals surface area contributed by atoms with E-state index in [1.807, 2.05) is 21.1 Å². The molecule has 0 aliphatic heterocycles. The summed E-state index contributed by atoms with van der Waals surface area (Å²) in [5, 5.41) is 0. The first-order chi connectivity index (χ1) is 43.0. The molecule has 0 fully saturated rings. The molecule has 0 aliphatic rings. The van der Waals surface area contributed by atoms with Gasteiger partial charge in [0.25, 0.3) is 7.82 Å². The van der Waals surface area contributed by atoms with Gasteiger partial charge in [0.1, 0.15) is 19.8 Å². The Morgan fingerprint density at radius 1 is 0.352 bits per heavy atom. The van der Waals surface area contributed by atoms with E-state index in [1.165, 1.54) is 122 Å². The Morgan fingerprint density at radius 2 is 0.614 bits per heavy atom. The number of hydrogen-bond acceptors (Lipinski definition) is 8. The topological polar surface area (TPSA) is 111 Å². The number of esters is 2. The molecule has 2 unspecified atom stereocenters. The molecule has 0 aromatic rings. The molecule has 88 heavy (non-hydrogen) atoms. The van der Waals surface area contributed by atoms with Gasteiger partial charge in [0.15, 0.2) is 6.10 Å². The van der Waals surface area contributed by atoms with Crippen molar-refractivity contribution in [2.45, 2.75) is 290 Å². The van der Waals surface area contributed by atoms with Gasteiger partial charge < -0.3 is 27.9 Å². The van der Waals surface area contributed by atoms with Crippen molar-refractivity contribution in [1.82, 2.24) is 0 Å². The van der Waals surface area contributed by atoms with Crippen LogP contribution in [0.2, 0.25) is 0 Å². The molecule has 0 radical (unpaired) electrons. The maximum atomic E-state index is 12.9. The Balaban J connectivity index is 4.06. The molecule has 0 heterocycles. The summed E-state index contributed by atoms with van der Waals surface area (Å²) >= 11 is 0. The smallest absolute Gasteiger partial charge is 0.306 e. The van der Waals surface area contributed by atoms with Gasteiger partial charge in [-0.3, -0.25) is 14.2 Å². The van der Waals surface area contributed by atoms with Gasteiger partial charge in [-0.05, 0) is 116 Å². The molecule has 0 spiro atoms. The van der Waals surface area contributed by atoms with Crippen molar-refractivity contribution in [1.29, 1.82) is 0 Å². The highest BCUT2D eigenvalue weighted by atomic mass is 31.2. The Morgan fingerprint density at radius 3 is 0.909 bits per heavy atom. The summed E-state index contributed by atoms with van der Waals surface area (Å²) in [4.78, 5) is 38.1. The van der Waals surface area contributed by atoms with E-state index in [0.29, 0.717) is 17.4 Å². The summed E-state index contributed by atoms with van der Waals surface area (Å²) in [6, 6.07) is 0. The number of carbonyl (C=O) groups is 2. The van der Waals surface area contributed by atoms with Gasteiger partial charge in [0.05, 0.1) is 27.7 Å². The highest BCUT2D eigenvalue weighted by Crippen LogP contribution is 2.38. The van der Waals surface area contributed by atoms with Crippen LogP contribution in [0.3, 0.4) is 0 Å². The molecule has 2 atom stereocenters. The number of ether oxygens (including phenoxy) is 2. The zero-order valence-electron chi connectivity index (χ0n) is 57.1. The molecule has 10 heteroatoms. The molecule has 0 aromatic heterocycles. The first kappa shape index (κ1) is 83.9. The third-order valence-corrected chi connectivity index (χ3v) is 15.8. The zero-order valence-corrected chi connectivity index (χ0v) is 58.0. The predicted octanol–water partition coefficient (Wildman–Crippen LogP) is 22.7. The predicted molar refractivity (Wildman–Crippen MR) is 378 cm³/mol. The van der Waals surface area contributed by atoms with Crippen molar-refractivity contribution >= 4 is 19.8 Å². The second kappa shape index (κ2) is 67.3. The number of quaternary nitrogens is 1. The van der Waals surface area contributed by atoms with Crippen LogP contribution in [0.25, 0.3) is 0 Å². The molecule has 502 valence electrons. The van der Waals surface area contributed by atoms with Crippen molar-refractivity contribution < 1.29 is 42.1 Å². The fourth-order valence-electron chi connectivity index (χ4n) is 9.49. The molecule has 0 saturated carbocycles. The van der Waals surface area contributed by atoms with Gasteiger partial charge in [0, 0.05) is 12.8 Å². The number of nitrogens with zero attached hydrogens (tertiary/aromatic N) is 1. The average molecular weight is 1240 g/mol. The normalized spacial score (nSPS) is 14.0. The van der Waals surface area contributed by atoms with Gasteiger partial charge in [-0.1, -0.05) is 301 Å². The fraction of sp³-hybridized carbons (Fsp3) is 0.667. The Labute approximate surface area is 542 Å². The van der Waals surface area contributed by atoms with E-state index < -0.39 is 26.5 Å². The number of carbonyl (C=O) groups excluding carboxylic acids is 2. The van der Waals surface area contributed by atoms with Crippen LogP contribution >= 0.6 is 7.82 Å². The summed E-state index contributed by atoms with van der Waals surface area (Å²) in [7, 11) is 1.16. The van der Waals surface area contributed by atoms with E-state index in [0.717, 1.165) is 128 Å². The van der Waals surface area contributed by atoms with Crippen molar-refractivity contribution in [3.8, 4) is 0 Å². The molecule has 0 amide bonds. The number of phosphoric acid groups is 1. The lowest BCUT2D eigenvalue weighted by atomic mass is 10.0. The third-order valence-electron chi connectivity index (χ3n) is 14.9. The van der Waals surface area contributed by atoms with E-state index in [2.05, 4.69) is 160 Å². The molecule has 0 bridgehead atoms. The number of rotatable bonds is 64. The standard InChI is InChI=1S/C78H132NO8P/c1-6-8-10-12-14-16-18-20-22-24-26-28-30-32-34-35-36-37-38-39-40-41-42-43-45-47-49-51-53-55-57-59-61-63-65-67-69-71-78(81)87-76(75-86-88(82,83)85-73-72-79(3,4)5)74-84-77(80)70-68-66-64-62-60-58-56-54-52-50-48-46-44-33-31-29-27-25-23-21-19-17-15-13-11-9-7-2/h8-11,14-17,20-23,26-29,32-34,36-37,39-40,44,76H,6-7,12-13,18-19,24-25,30-31,35,38,41-43,45-75H2,1-5H3/b10-8-,11-9-,16-14-,17-15-,22-20-,23-21-,28-26-,29-27-,34-32-,37-36-,40-39-,44-33-. The highest BCUT2D eigenvalue weighted by Gasteiger charge is 2.22. The Kier molecular flexibility index (Phi) is 64.1. The maximum Gasteiger partial charge on any atom is 0.306 e. The SMILES string of the molecule is CC/C=C\C/C=C\C/C=C\C/C=C\C/C=C\C/C=C\C/C=C\CCCCCCCCCCCCCCCCCC(=O)OC(COC(=O)CCCCCCCCCCCCC/C=C\C/C=C\C/C=C\C/C=C\C/C=C\CC)COP(=O)([O-])OCC[N+](C)(C)C. The molecule has 0 rings (SSSR count). The Bertz CT molecular complexity index is 2000. The largest absolute Gasteiger partial charge is 0.756 e. The molecule has 0 saturated heterocycles.